The largest absolute Gasteiger partial charge is 0.394 e. The Balaban J connectivity index is 0. The van der Waals surface area contributed by atoms with Crippen molar-refractivity contribution in [3.8, 4) is 0 Å². The Morgan fingerprint density at radius 2 is 1.43 bits per heavy atom. The lowest BCUT2D eigenvalue weighted by Gasteiger charge is -1.96. The summed E-state index contributed by atoms with van der Waals surface area (Å²) < 4.78 is 0. The lowest BCUT2D eigenvalue weighted by Crippen LogP contribution is -2.15. The standard InChI is InChI=1S/C3H8O3.BH3/c4-1-3(6)2-5;/h3-6H,1-2H2;1H3. The molecule has 0 atom stereocenters. The Kier molecular flexibility index (Phi) is 8.52. The van der Waals surface area contributed by atoms with Gasteiger partial charge < -0.3 is 15.3 Å². The second-order valence-electron chi connectivity index (χ2n) is 1.02. The minimum Gasteiger partial charge on any atom is -0.394 e. The minimum absolute atomic E-state index is 0. The molecule has 3 nitrogen and oxygen atoms in total. The molecule has 0 aromatic carbocycles. The highest BCUT2D eigenvalue weighted by atomic mass is 16.3. The zero-order valence-electron chi connectivity index (χ0n) is 3.33. The van der Waals surface area contributed by atoms with Crippen LogP contribution in [0, 0.1) is 0 Å². The van der Waals surface area contributed by atoms with Gasteiger partial charge in [-0.1, -0.05) is 0 Å². The van der Waals surface area contributed by atoms with E-state index < -0.39 is 6.10 Å². The molecule has 0 fully saturated rings. The van der Waals surface area contributed by atoms with Crippen molar-refractivity contribution in [3.05, 3.63) is 0 Å². The third-order valence-electron chi connectivity index (χ3n) is 0.421. The average molecular weight is 106 g/mol. The summed E-state index contributed by atoms with van der Waals surface area (Å²) >= 11 is 0. The molecule has 0 saturated heterocycles. The summed E-state index contributed by atoms with van der Waals surface area (Å²) in [5.41, 5.74) is 0. The summed E-state index contributed by atoms with van der Waals surface area (Å²) in [4.78, 5) is 0. The quantitative estimate of drug-likeness (QED) is 0.332. The monoisotopic (exact) mass is 106 g/mol. The van der Waals surface area contributed by atoms with Crippen molar-refractivity contribution in [1.82, 2.24) is 0 Å². The van der Waals surface area contributed by atoms with Crippen molar-refractivity contribution < 1.29 is 15.3 Å². The van der Waals surface area contributed by atoms with Gasteiger partial charge in [0, 0.05) is 0 Å². The van der Waals surface area contributed by atoms with Gasteiger partial charge in [0.15, 0.2) is 0 Å². The second-order valence-corrected chi connectivity index (χ2v) is 1.02. The second kappa shape index (κ2) is 5.94. The van der Waals surface area contributed by atoms with Gasteiger partial charge in [0.2, 0.25) is 0 Å². The number of hydrogen-bond acceptors (Lipinski definition) is 3. The van der Waals surface area contributed by atoms with Crippen LogP contribution < -0.4 is 0 Å². The van der Waals surface area contributed by atoms with Gasteiger partial charge >= 0.3 is 0 Å². The normalized spacial score (nSPS) is 8.57. The van der Waals surface area contributed by atoms with Gasteiger partial charge in [-0.3, -0.25) is 0 Å². The van der Waals surface area contributed by atoms with Crippen LogP contribution in [0.15, 0.2) is 0 Å². The van der Waals surface area contributed by atoms with Gasteiger partial charge in [-0.25, -0.2) is 0 Å². The zero-order valence-corrected chi connectivity index (χ0v) is 3.33. The molecule has 0 amide bonds. The van der Waals surface area contributed by atoms with E-state index >= 15 is 0 Å². The van der Waals surface area contributed by atoms with E-state index in [0.717, 1.165) is 0 Å². The molecular weight excluding hydrogens is 94.8 g/mol. The topological polar surface area (TPSA) is 60.7 Å². The van der Waals surface area contributed by atoms with Crippen LogP contribution in [0.4, 0.5) is 0 Å². The molecule has 0 spiro atoms. The van der Waals surface area contributed by atoms with E-state index in [1.54, 1.807) is 0 Å². The molecular formula is C3H11BO3. The summed E-state index contributed by atoms with van der Waals surface area (Å²) in [6.45, 7) is -0.729. The Bertz CT molecular complexity index is 29.4. The van der Waals surface area contributed by atoms with E-state index in [2.05, 4.69) is 0 Å². The van der Waals surface area contributed by atoms with E-state index in [4.69, 9.17) is 15.3 Å². The van der Waals surface area contributed by atoms with Crippen LogP contribution in [0.5, 0.6) is 0 Å². The Morgan fingerprint density at radius 1 is 1.14 bits per heavy atom. The fourth-order valence-electron chi connectivity index (χ4n) is 0.0577. The molecule has 0 unspecified atom stereocenters. The van der Waals surface area contributed by atoms with Crippen LogP contribution in [0.25, 0.3) is 0 Å². The first-order chi connectivity index (χ1) is 2.81. The van der Waals surface area contributed by atoms with Crippen LogP contribution in [0.2, 0.25) is 0 Å². The van der Waals surface area contributed by atoms with Crippen LogP contribution >= 0.6 is 0 Å². The first-order valence-electron chi connectivity index (χ1n) is 1.71. The van der Waals surface area contributed by atoms with Crippen molar-refractivity contribution in [2.45, 2.75) is 6.10 Å². The smallest absolute Gasteiger partial charge is 0.100 e. The molecule has 44 valence electrons. The van der Waals surface area contributed by atoms with E-state index in [9.17, 15) is 0 Å². The third-order valence-corrected chi connectivity index (χ3v) is 0.421. The molecule has 3 N–H and O–H groups in total. The first kappa shape index (κ1) is 10.0. The van der Waals surface area contributed by atoms with Crippen molar-refractivity contribution in [1.29, 1.82) is 0 Å². The highest BCUT2D eigenvalue weighted by molar-refractivity contribution is 5.75. The maximum absolute atomic E-state index is 8.17. The van der Waals surface area contributed by atoms with Crippen molar-refractivity contribution in [3.63, 3.8) is 0 Å². The third kappa shape index (κ3) is 5.94. The molecule has 0 bridgehead atoms. The van der Waals surface area contributed by atoms with Gasteiger partial charge in [0.05, 0.1) is 21.6 Å². The van der Waals surface area contributed by atoms with E-state index in [1.165, 1.54) is 0 Å². The molecule has 0 radical (unpaired) electrons. The molecule has 0 heterocycles. The number of aliphatic hydroxyl groups excluding tert-OH is 3. The molecule has 0 saturated carbocycles. The Labute approximate surface area is 44.2 Å². The van der Waals surface area contributed by atoms with Gasteiger partial charge in [0.25, 0.3) is 0 Å². The predicted molar refractivity (Wildman–Crippen MR) is 30.1 cm³/mol. The van der Waals surface area contributed by atoms with Crippen LogP contribution in [0.3, 0.4) is 0 Å². The summed E-state index contributed by atoms with van der Waals surface area (Å²) in [7, 11) is 0. The Hall–Kier alpha value is -0.0551. The summed E-state index contributed by atoms with van der Waals surface area (Å²) in [6.07, 6.45) is -0.954. The number of hydrogen-bond donors (Lipinski definition) is 3. The zero-order chi connectivity index (χ0) is 4.99. The summed E-state index contributed by atoms with van der Waals surface area (Å²) in [5, 5.41) is 24.0. The van der Waals surface area contributed by atoms with Gasteiger partial charge in [-0.2, -0.15) is 0 Å². The highest BCUT2D eigenvalue weighted by Crippen LogP contribution is 1.71. The first-order valence-corrected chi connectivity index (χ1v) is 1.71. The molecule has 4 heteroatoms. The van der Waals surface area contributed by atoms with Crippen molar-refractivity contribution in [2.24, 2.45) is 0 Å². The average Bonchev–Trinajstić information content (AvgIpc) is 1.65. The SMILES string of the molecule is B.OCC(O)CO. The molecule has 0 aliphatic rings. The van der Waals surface area contributed by atoms with E-state index in [1.807, 2.05) is 0 Å². The fraction of sp³-hybridized carbons (Fsp3) is 1.00. The summed E-state index contributed by atoms with van der Waals surface area (Å²) in [6, 6.07) is 0. The highest BCUT2D eigenvalue weighted by Gasteiger charge is 1.93. The van der Waals surface area contributed by atoms with Crippen LogP contribution in [0.1, 0.15) is 0 Å². The Morgan fingerprint density at radius 3 is 1.43 bits per heavy atom. The maximum atomic E-state index is 8.17. The molecule has 0 aliphatic carbocycles. The molecule has 0 aromatic rings. The van der Waals surface area contributed by atoms with Gasteiger partial charge in [-0.05, 0) is 0 Å². The minimum atomic E-state index is -0.954. The van der Waals surface area contributed by atoms with E-state index in [0.29, 0.717) is 0 Å². The van der Waals surface area contributed by atoms with Crippen molar-refractivity contribution in [2.75, 3.05) is 13.2 Å². The van der Waals surface area contributed by atoms with Gasteiger partial charge in [-0.15, -0.1) is 0 Å². The predicted octanol–water partition coefficient (Wildman–Crippen LogP) is -2.85. The number of rotatable bonds is 2. The van der Waals surface area contributed by atoms with E-state index in [-0.39, 0.29) is 21.6 Å². The van der Waals surface area contributed by atoms with Crippen molar-refractivity contribution >= 4 is 8.41 Å². The number of aliphatic hydroxyl groups is 3. The maximum Gasteiger partial charge on any atom is 0.100 e. The molecule has 7 heavy (non-hydrogen) atoms. The molecule has 0 aliphatic heterocycles. The van der Waals surface area contributed by atoms with Gasteiger partial charge in [0.1, 0.15) is 6.10 Å². The molecule has 0 aromatic heterocycles. The lowest BCUT2D eigenvalue weighted by atomic mass is 10.4. The summed E-state index contributed by atoms with van der Waals surface area (Å²) in [5.74, 6) is 0. The lowest BCUT2D eigenvalue weighted by molar-refractivity contribution is 0.0450. The van der Waals surface area contributed by atoms with Crippen LogP contribution in [-0.4, -0.2) is 43.1 Å². The molecule has 0 rings (SSSR count). The van der Waals surface area contributed by atoms with Crippen LogP contribution in [-0.2, 0) is 0 Å². The fourth-order valence-corrected chi connectivity index (χ4v) is 0.0577.